The molecule has 0 aliphatic heterocycles. The lowest BCUT2D eigenvalue weighted by molar-refractivity contribution is -0.121. The van der Waals surface area contributed by atoms with Crippen LogP contribution in [0.1, 0.15) is 42.3 Å². The van der Waals surface area contributed by atoms with Crippen molar-refractivity contribution in [1.29, 1.82) is 0 Å². The number of hydrogen-bond donors (Lipinski definition) is 2. The highest BCUT2D eigenvalue weighted by molar-refractivity contribution is 7.18. The number of aromatic amines is 1. The molecule has 1 aliphatic rings. The van der Waals surface area contributed by atoms with Crippen LogP contribution in [0.3, 0.4) is 0 Å². The number of amides is 1. The van der Waals surface area contributed by atoms with Crippen molar-refractivity contribution in [3.05, 3.63) is 50.9 Å². The molecule has 0 radical (unpaired) electrons. The maximum absolute atomic E-state index is 13.2. The normalized spacial score (nSPS) is 17.3. The number of H-pyrrole nitrogens is 1. The van der Waals surface area contributed by atoms with Crippen LogP contribution >= 0.6 is 11.3 Å². The minimum atomic E-state index is -0.865. The van der Waals surface area contributed by atoms with Gasteiger partial charge in [0.25, 0.3) is 11.5 Å². The number of aromatic hydroxyl groups is 1. The number of aromatic nitrogens is 3. The molecule has 5 rings (SSSR count). The lowest BCUT2D eigenvalue weighted by Gasteiger charge is -2.17. The fraction of sp³-hybridized carbons (Fsp3) is 0.348. The van der Waals surface area contributed by atoms with Gasteiger partial charge in [-0.3, -0.25) is 14.2 Å². The molecule has 8 nitrogen and oxygen atoms in total. The van der Waals surface area contributed by atoms with E-state index in [1.165, 1.54) is 15.8 Å². The van der Waals surface area contributed by atoms with Crippen LogP contribution in [0.15, 0.2) is 39.5 Å². The van der Waals surface area contributed by atoms with E-state index in [1.54, 1.807) is 24.3 Å². The Hall–Kier alpha value is -3.33. The number of aryl methyl sites for hydroxylation is 2. The number of thiophene rings is 1. The molecular weight excluding hydrogens is 426 g/mol. The Bertz CT molecular complexity index is 1460. The third-order valence-electron chi connectivity index (χ3n) is 6.26. The fourth-order valence-electron chi connectivity index (χ4n) is 4.36. The topological polar surface area (TPSA) is 113 Å². The molecule has 1 aromatic carbocycles. The summed E-state index contributed by atoms with van der Waals surface area (Å²) in [5, 5.41) is 19.3. The molecule has 1 amide bonds. The molecule has 4 aromatic rings. The highest BCUT2D eigenvalue weighted by Gasteiger charge is 2.25. The van der Waals surface area contributed by atoms with Crippen LogP contribution in [0.2, 0.25) is 0 Å². The number of nitrogens with zero attached hydrogens (tertiary/aromatic N) is 4. The lowest BCUT2D eigenvalue weighted by Crippen LogP contribution is -2.28. The SMILES string of the molecule is Cc1cccc2c(N=NC(=O)[C@@H](C)n3cnc4sc5c(c4c3=O)CC[C@H](C)C5)c(O)[nH]c12. The molecule has 1 aliphatic carbocycles. The number of carbonyl (C=O) groups is 1. The summed E-state index contributed by atoms with van der Waals surface area (Å²) in [4.78, 5) is 35.3. The maximum Gasteiger partial charge on any atom is 0.287 e. The zero-order valence-electron chi connectivity index (χ0n) is 18.0. The van der Waals surface area contributed by atoms with Crippen molar-refractivity contribution in [3.63, 3.8) is 0 Å². The van der Waals surface area contributed by atoms with Crippen molar-refractivity contribution >= 4 is 44.1 Å². The summed E-state index contributed by atoms with van der Waals surface area (Å²) in [5.74, 6) is -0.145. The Labute approximate surface area is 187 Å². The second-order valence-corrected chi connectivity index (χ2v) is 9.61. The molecule has 0 bridgehead atoms. The minimum Gasteiger partial charge on any atom is -0.493 e. The zero-order chi connectivity index (χ0) is 22.6. The van der Waals surface area contributed by atoms with E-state index >= 15 is 0 Å². The summed E-state index contributed by atoms with van der Waals surface area (Å²) in [7, 11) is 0. The van der Waals surface area contributed by atoms with Gasteiger partial charge >= 0.3 is 0 Å². The van der Waals surface area contributed by atoms with Gasteiger partial charge in [0.2, 0.25) is 5.88 Å². The number of fused-ring (bicyclic) bond motifs is 4. The van der Waals surface area contributed by atoms with Crippen molar-refractivity contribution in [2.75, 3.05) is 0 Å². The van der Waals surface area contributed by atoms with Gasteiger partial charge in [-0.1, -0.05) is 25.1 Å². The number of azo groups is 1. The monoisotopic (exact) mass is 449 g/mol. The Kier molecular flexibility index (Phi) is 4.93. The highest BCUT2D eigenvalue weighted by atomic mass is 32.1. The van der Waals surface area contributed by atoms with Gasteiger partial charge in [0.05, 0.1) is 17.2 Å². The van der Waals surface area contributed by atoms with Gasteiger partial charge in [0.1, 0.15) is 10.9 Å². The van der Waals surface area contributed by atoms with Crippen LogP contribution in [0.25, 0.3) is 21.1 Å². The Morgan fingerprint density at radius 1 is 1.41 bits per heavy atom. The number of rotatable bonds is 3. The van der Waals surface area contributed by atoms with Gasteiger partial charge in [-0.2, -0.15) is 0 Å². The molecule has 3 aromatic heterocycles. The third-order valence-corrected chi connectivity index (χ3v) is 7.42. The summed E-state index contributed by atoms with van der Waals surface area (Å²) in [6, 6.07) is 4.68. The second kappa shape index (κ2) is 7.67. The number of para-hydroxylation sites is 1. The molecule has 164 valence electrons. The van der Waals surface area contributed by atoms with Crippen molar-refractivity contribution in [3.8, 4) is 5.88 Å². The van der Waals surface area contributed by atoms with Crippen molar-refractivity contribution in [2.45, 2.75) is 46.1 Å². The first-order valence-corrected chi connectivity index (χ1v) is 11.4. The number of hydrogen-bond acceptors (Lipinski definition) is 6. The third kappa shape index (κ3) is 3.24. The van der Waals surface area contributed by atoms with E-state index in [9.17, 15) is 14.7 Å². The van der Waals surface area contributed by atoms with Crippen molar-refractivity contribution in [1.82, 2.24) is 14.5 Å². The lowest BCUT2D eigenvalue weighted by atomic mass is 9.89. The molecule has 0 spiro atoms. The van der Waals surface area contributed by atoms with E-state index < -0.39 is 11.9 Å². The Morgan fingerprint density at radius 2 is 2.22 bits per heavy atom. The minimum absolute atomic E-state index is 0.155. The summed E-state index contributed by atoms with van der Waals surface area (Å²) in [5.41, 5.74) is 2.74. The number of nitrogens with one attached hydrogen (secondary N) is 1. The van der Waals surface area contributed by atoms with Crippen LogP contribution in [0.5, 0.6) is 5.88 Å². The molecule has 2 N–H and O–H groups in total. The summed E-state index contributed by atoms with van der Waals surface area (Å²) < 4.78 is 1.33. The first-order chi connectivity index (χ1) is 15.3. The molecule has 0 unspecified atom stereocenters. The largest absolute Gasteiger partial charge is 0.493 e. The van der Waals surface area contributed by atoms with Gasteiger partial charge in [0, 0.05) is 10.3 Å². The van der Waals surface area contributed by atoms with Crippen molar-refractivity contribution in [2.24, 2.45) is 16.1 Å². The van der Waals surface area contributed by atoms with Crippen molar-refractivity contribution < 1.29 is 9.90 Å². The predicted octanol–water partition coefficient (Wildman–Crippen LogP) is 4.95. The van der Waals surface area contributed by atoms with Gasteiger partial charge in [-0.15, -0.1) is 21.6 Å². The van der Waals surface area contributed by atoms with Crippen LogP contribution in [0, 0.1) is 12.8 Å². The fourth-order valence-corrected chi connectivity index (χ4v) is 5.70. The van der Waals surface area contributed by atoms with Crippen LogP contribution < -0.4 is 5.56 Å². The number of benzene rings is 1. The summed E-state index contributed by atoms with van der Waals surface area (Å²) in [6.07, 6.45) is 4.29. The molecule has 0 saturated carbocycles. The van der Waals surface area contributed by atoms with E-state index in [1.807, 2.05) is 19.1 Å². The predicted molar refractivity (Wildman–Crippen MR) is 124 cm³/mol. The standard InChI is InChI=1S/C23H23N5O3S/c1-11-7-8-14-16(9-11)32-22-17(14)23(31)28(10-24-22)13(3)20(29)27-26-19-15-6-4-5-12(2)18(15)25-21(19)30/h4-6,10-11,13,25,30H,7-9H2,1-3H3/t11-,13+/m0/s1. The molecular formula is C23H23N5O3S. The first-order valence-electron chi connectivity index (χ1n) is 10.6. The van der Waals surface area contributed by atoms with Gasteiger partial charge in [-0.25, -0.2) is 4.98 Å². The van der Waals surface area contributed by atoms with Crippen LogP contribution in [-0.4, -0.2) is 25.5 Å². The molecule has 0 saturated heterocycles. The molecule has 0 fully saturated rings. The van der Waals surface area contributed by atoms with Gasteiger partial charge in [0.15, 0.2) is 5.69 Å². The molecule has 3 heterocycles. The van der Waals surface area contributed by atoms with Crippen LogP contribution in [-0.2, 0) is 17.6 Å². The Balaban J connectivity index is 1.48. The van der Waals surface area contributed by atoms with Crippen LogP contribution in [0.4, 0.5) is 5.69 Å². The van der Waals surface area contributed by atoms with Gasteiger partial charge < -0.3 is 10.1 Å². The second-order valence-electron chi connectivity index (χ2n) is 8.52. The highest BCUT2D eigenvalue weighted by Crippen LogP contribution is 2.37. The smallest absolute Gasteiger partial charge is 0.287 e. The summed E-state index contributed by atoms with van der Waals surface area (Å²) in [6.45, 7) is 5.74. The number of carbonyl (C=O) groups excluding carboxylic acids is 1. The molecule has 9 heteroatoms. The molecule has 2 atom stereocenters. The molecule has 32 heavy (non-hydrogen) atoms. The van der Waals surface area contributed by atoms with E-state index in [2.05, 4.69) is 27.1 Å². The van der Waals surface area contributed by atoms with E-state index in [-0.39, 0.29) is 17.1 Å². The van der Waals surface area contributed by atoms with Gasteiger partial charge in [-0.05, 0) is 50.2 Å². The van der Waals surface area contributed by atoms with E-state index in [0.717, 1.165) is 40.7 Å². The first kappa shape index (κ1) is 20.6. The maximum atomic E-state index is 13.2. The quantitative estimate of drug-likeness (QED) is 0.431. The Morgan fingerprint density at radius 3 is 3.03 bits per heavy atom. The average molecular weight is 450 g/mol. The van der Waals surface area contributed by atoms with E-state index in [0.29, 0.717) is 16.7 Å². The average Bonchev–Trinajstić information content (AvgIpc) is 3.29. The van der Waals surface area contributed by atoms with E-state index in [4.69, 9.17) is 0 Å². The summed E-state index contributed by atoms with van der Waals surface area (Å²) >= 11 is 1.58. The zero-order valence-corrected chi connectivity index (χ0v) is 18.9.